The third-order valence-corrected chi connectivity index (χ3v) is 4.13. The van der Waals surface area contributed by atoms with Crippen molar-refractivity contribution >= 4 is 32.4 Å². The van der Waals surface area contributed by atoms with Crippen molar-refractivity contribution in [1.82, 2.24) is 5.32 Å². The van der Waals surface area contributed by atoms with Crippen LogP contribution in [0.2, 0.25) is 0 Å². The maximum atomic E-state index is 11.2. The highest BCUT2D eigenvalue weighted by Gasteiger charge is 2.13. The van der Waals surface area contributed by atoms with Crippen molar-refractivity contribution in [2.45, 2.75) is 19.4 Å². The molecule has 17 heavy (non-hydrogen) atoms. The highest BCUT2D eigenvalue weighted by Crippen LogP contribution is 2.19. The molecule has 1 aromatic rings. The first-order valence-electron chi connectivity index (χ1n) is 5.59. The molecule has 0 fully saturated rings. The van der Waals surface area contributed by atoms with Crippen LogP contribution in [0.15, 0.2) is 24.3 Å². The van der Waals surface area contributed by atoms with Gasteiger partial charge < -0.3 is 5.32 Å². The number of hydrogen-bond acceptors (Lipinski definition) is 3. The number of sulfone groups is 1. The first-order valence-corrected chi connectivity index (χ1v) is 8.73. The quantitative estimate of drug-likeness (QED) is 0.786. The summed E-state index contributed by atoms with van der Waals surface area (Å²) >= 11 is 2.27. The van der Waals surface area contributed by atoms with Gasteiger partial charge in [-0.05, 0) is 53.3 Å². The van der Waals surface area contributed by atoms with Crippen molar-refractivity contribution in [3.63, 3.8) is 0 Å². The molecule has 0 amide bonds. The van der Waals surface area contributed by atoms with Gasteiger partial charge in [-0.15, -0.1) is 0 Å². The van der Waals surface area contributed by atoms with E-state index in [0.29, 0.717) is 6.42 Å². The first-order chi connectivity index (χ1) is 7.92. The second kappa shape index (κ2) is 6.70. The van der Waals surface area contributed by atoms with E-state index >= 15 is 0 Å². The Morgan fingerprint density at radius 3 is 2.65 bits per heavy atom. The highest BCUT2D eigenvalue weighted by molar-refractivity contribution is 14.1. The Kier molecular flexibility index (Phi) is 5.88. The van der Waals surface area contributed by atoms with Gasteiger partial charge in [-0.1, -0.05) is 19.1 Å². The zero-order chi connectivity index (χ0) is 12.9. The Morgan fingerprint density at radius 2 is 2.12 bits per heavy atom. The number of benzene rings is 1. The van der Waals surface area contributed by atoms with Gasteiger partial charge in [0.05, 0.1) is 5.75 Å². The van der Waals surface area contributed by atoms with Crippen LogP contribution in [0.1, 0.15) is 24.9 Å². The fourth-order valence-corrected chi connectivity index (χ4v) is 2.92. The number of nitrogens with one attached hydrogen (secondary N) is 1. The van der Waals surface area contributed by atoms with E-state index in [1.165, 1.54) is 9.83 Å². The van der Waals surface area contributed by atoms with Crippen molar-refractivity contribution in [1.29, 1.82) is 0 Å². The fraction of sp³-hybridized carbons (Fsp3) is 0.500. The maximum Gasteiger partial charge on any atom is 0.147 e. The van der Waals surface area contributed by atoms with E-state index in [-0.39, 0.29) is 11.8 Å². The van der Waals surface area contributed by atoms with Gasteiger partial charge >= 0.3 is 0 Å². The molecule has 1 unspecified atom stereocenters. The molecule has 0 aromatic heterocycles. The van der Waals surface area contributed by atoms with Gasteiger partial charge in [-0.25, -0.2) is 8.42 Å². The summed E-state index contributed by atoms with van der Waals surface area (Å²) in [5.74, 6) is 0.218. The second-order valence-corrected chi connectivity index (χ2v) is 7.59. The first kappa shape index (κ1) is 14.9. The third-order valence-electron chi connectivity index (χ3n) is 2.48. The smallest absolute Gasteiger partial charge is 0.147 e. The van der Waals surface area contributed by atoms with E-state index in [1.807, 2.05) is 25.1 Å². The molecule has 1 atom stereocenters. The molecule has 0 aliphatic heterocycles. The Morgan fingerprint density at radius 1 is 1.41 bits per heavy atom. The van der Waals surface area contributed by atoms with Crippen LogP contribution in [-0.2, 0) is 9.84 Å². The van der Waals surface area contributed by atoms with E-state index in [1.54, 1.807) is 0 Å². The summed E-state index contributed by atoms with van der Waals surface area (Å²) in [4.78, 5) is 0. The van der Waals surface area contributed by atoms with Crippen LogP contribution in [0, 0.1) is 3.57 Å². The highest BCUT2D eigenvalue weighted by atomic mass is 127. The van der Waals surface area contributed by atoms with Gasteiger partial charge in [-0.2, -0.15) is 0 Å². The lowest BCUT2D eigenvalue weighted by Crippen LogP contribution is -2.23. The lowest BCUT2D eigenvalue weighted by atomic mass is 10.0. The average molecular weight is 367 g/mol. The molecule has 0 aliphatic carbocycles. The monoisotopic (exact) mass is 367 g/mol. The van der Waals surface area contributed by atoms with Crippen molar-refractivity contribution in [3.05, 3.63) is 33.4 Å². The van der Waals surface area contributed by atoms with Gasteiger partial charge in [0, 0.05) is 15.9 Å². The van der Waals surface area contributed by atoms with Crippen LogP contribution in [0.4, 0.5) is 0 Å². The van der Waals surface area contributed by atoms with Gasteiger partial charge in [0.2, 0.25) is 0 Å². The zero-order valence-corrected chi connectivity index (χ0v) is 13.1. The van der Waals surface area contributed by atoms with Crippen LogP contribution in [-0.4, -0.2) is 27.0 Å². The molecule has 0 saturated carbocycles. The summed E-state index contributed by atoms with van der Waals surface area (Å²) in [5.41, 5.74) is 1.16. The molecule has 1 aromatic carbocycles. The van der Waals surface area contributed by atoms with E-state index in [2.05, 4.69) is 34.0 Å². The molecule has 3 nitrogen and oxygen atoms in total. The standard InChI is InChI=1S/C12H18INO2S/c1-3-14-12(7-8-17(2,15)16)10-5-4-6-11(13)9-10/h4-6,9,12,14H,3,7-8H2,1-2H3. The van der Waals surface area contributed by atoms with Gasteiger partial charge in [0.15, 0.2) is 0 Å². The Hall–Kier alpha value is -0.140. The van der Waals surface area contributed by atoms with Gasteiger partial charge in [0.1, 0.15) is 9.84 Å². The molecule has 1 rings (SSSR count). The number of hydrogen-bond donors (Lipinski definition) is 1. The summed E-state index contributed by atoms with van der Waals surface area (Å²) in [7, 11) is -2.90. The third kappa shape index (κ3) is 5.83. The van der Waals surface area contributed by atoms with E-state index in [4.69, 9.17) is 0 Å². The van der Waals surface area contributed by atoms with Crippen LogP contribution in [0.25, 0.3) is 0 Å². The van der Waals surface area contributed by atoms with Gasteiger partial charge in [0.25, 0.3) is 0 Å². The fourth-order valence-electron chi connectivity index (χ4n) is 1.69. The van der Waals surface area contributed by atoms with Crippen molar-refractivity contribution in [3.8, 4) is 0 Å². The maximum absolute atomic E-state index is 11.2. The van der Waals surface area contributed by atoms with Crippen molar-refractivity contribution in [2.75, 3.05) is 18.6 Å². The lowest BCUT2D eigenvalue weighted by Gasteiger charge is -2.18. The summed E-state index contributed by atoms with van der Waals surface area (Å²) in [6, 6.07) is 8.28. The van der Waals surface area contributed by atoms with E-state index in [0.717, 1.165) is 12.1 Å². The molecule has 1 N–H and O–H groups in total. The SMILES string of the molecule is CCNC(CCS(C)(=O)=O)c1cccc(I)c1. The van der Waals surface area contributed by atoms with Crippen molar-refractivity contribution in [2.24, 2.45) is 0 Å². The molecule has 0 aliphatic rings. The van der Waals surface area contributed by atoms with E-state index in [9.17, 15) is 8.42 Å². The molecule has 5 heteroatoms. The topological polar surface area (TPSA) is 46.2 Å². The van der Waals surface area contributed by atoms with Crippen LogP contribution in [0.5, 0.6) is 0 Å². The van der Waals surface area contributed by atoms with Crippen LogP contribution < -0.4 is 5.32 Å². The van der Waals surface area contributed by atoms with Crippen LogP contribution in [0.3, 0.4) is 0 Å². The second-order valence-electron chi connectivity index (χ2n) is 4.08. The molecular formula is C12H18INO2S. The molecular weight excluding hydrogens is 349 g/mol. The zero-order valence-electron chi connectivity index (χ0n) is 10.1. The van der Waals surface area contributed by atoms with Crippen molar-refractivity contribution < 1.29 is 8.42 Å². The summed E-state index contributed by atoms with van der Waals surface area (Å²) in [6.45, 7) is 2.86. The lowest BCUT2D eigenvalue weighted by molar-refractivity contribution is 0.529. The molecule has 0 heterocycles. The summed E-state index contributed by atoms with van der Waals surface area (Å²) in [6.07, 6.45) is 1.90. The minimum atomic E-state index is -2.90. The summed E-state index contributed by atoms with van der Waals surface area (Å²) < 4.78 is 23.6. The Labute approximate surface area is 117 Å². The molecule has 0 radical (unpaired) electrons. The molecule has 0 spiro atoms. The minimum absolute atomic E-state index is 0.115. The predicted molar refractivity (Wildman–Crippen MR) is 79.9 cm³/mol. The Balaban J connectivity index is 2.78. The molecule has 0 saturated heterocycles. The largest absolute Gasteiger partial charge is 0.310 e. The van der Waals surface area contributed by atoms with Gasteiger partial charge in [-0.3, -0.25) is 0 Å². The number of halogens is 1. The van der Waals surface area contributed by atoms with E-state index < -0.39 is 9.84 Å². The average Bonchev–Trinajstić information content (AvgIpc) is 2.23. The number of rotatable bonds is 6. The molecule has 0 bridgehead atoms. The predicted octanol–water partition coefficient (Wildman–Crippen LogP) is 2.38. The minimum Gasteiger partial charge on any atom is -0.310 e. The Bertz CT molecular complexity index is 459. The summed E-state index contributed by atoms with van der Waals surface area (Å²) in [5, 5.41) is 3.33. The normalized spacial score (nSPS) is 13.6. The molecule has 96 valence electrons. The van der Waals surface area contributed by atoms with Crippen LogP contribution >= 0.6 is 22.6 Å².